The van der Waals surface area contributed by atoms with E-state index in [9.17, 15) is 10.1 Å². The molecule has 86 valence electrons. The van der Waals surface area contributed by atoms with Crippen LogP contribution in [0, 0.1) is 17.0 Å². The summed E-state index contributed by atoms with van der Waals surface area (Å²) in [5.41, 5.74) is -0.0324. The molecule has 0 fully saturated rings. The molecule has 0 spiro atoms. The van der Waals surface area contributed by atoms with Crippen LogP contribution >= 0.6 is 23.2 Å². The highest BCUT2D eigenvalue weighted by Gasteiger charge is 2.21. The molecule has 1 heterocycles. The van der Waals surface area contributed by atoms with Gasteiger partial charge in [-0.15, -0.1) is 0 Å². The average molecular weight is 263 g/mol. The van der Waals surface area contributed by atoms with E-state index in [0.29, 0.717) is 5.03 Å². The Morgan fingerprint density at radius 3 is 2.75 bits per heavy atom. The summed E-state index contributed by atoms with van der Waals surface area (Å²) in [6, 6.07) is 0. The van der Waals surface area contributed by atoms with Crippen LogP contribution in [-0.2, 0) is 0 Å². The number of nitrogens with zero attached hydrogens (tertiary/aromatic N) is 3. The highest BCUT2D eigenvalue weighted by molar-refractivity contribution is 6.29. The molecule has 0 radical (unpaired) electrons. The number of hydrogen-bond donors (Lipinski definition) is 1. The van der Waals surface area contributed by atoms with Gasteiger partial charge in [-0.2, -0.15) is 4.98 Å². The largest absolute Gasteiger partial charge is 0.359 e. The zero-order valence-corrected chi connectivity index (χ0v) is 9.84. The van der Waals surface area contributed by atoms with Gasteiger partial charge in [-0.3, -0.25) is 10.1 Å². The van der Waals surface area contributed by atoms with Crippen molar-refractivity contribution in [3.63, 3.8) is 0 Å². The number of halogens is 2. The third-order valence-corrected chi connectivity index (χ3v) is 1.96. The van der Waals surface area contributed by atoms with E-state index in [2.05, 4.69) is 21.9 Å². The van der Waals surface area contributed by atoms with Crippen LogP contribution in [0.1, 0.15) is 5.69 Å². The second-order valence-corrected chi connectivity index (χ2v) is 3.78. The zero-order valence-electron chi connectivity index (χ0n) is 8.33. The first-order valence-electron chi connectivity index (χ1n) is 4.17. The molecule has 1 aromatic heterocycles. The SMILES string of the molecule is C=C(Cl)CNc1nc(Cl)nc(C)c1[N+](=O)[O-]. The van der Waals surface area contributed by atoms with Crippen molar-refractivity contribution < 1.29 is 4.92 Å². The number of anilines is 1. The molecule has 0 aliphatic heterocycles. The third kappa shape index (κ3) is 3.04. The molecule has 1 rings (SSSR count). The fourth-order valence-corrected chi connectivity index (χ4v) is 1.33. The van der Waals surface area contributed by atoms with E-state index in [1.54, 1.807) is 0 Å². The number of nitro groups is 1. The van der Waals surface area contributed by atoms with Crippen molar-refractivity contribution in [3.8, 4) is 0 Å². The maximum absolute atomic E-state index is 10.8. The number of aryl methyl sites for hydroxylation is 1. The van der Waals surface area contributed by atoms with Crippen LogP contribution in [0.5, 0.6) is 0 Å². The van der Waals surface area contributed by atoms with Crippen molar-refractivity contribution in [1.82, 2.24) is 9.97 Å². The molecular formula is C8H8Cl2N4O2. The minimum atomic E-state index is -0.578. The molecule has 0 bridgehead atoms. The van der Waals surface area contributed by atoms with Crippen molar-refractivity contribution in [2.75, 3.05) is 11.9 Å². The predicted molar refractivity (Wildman–Crippen MR) is 61.9 cm³/mol. The summed E-state index contributed by atoms with van der Waals surface area (Å²) in [4.78, 5) is 17.6. The second kappa shape index (κ2) is 5.09. The molecule has 0 saturated heterocycles. The lowest BCUT2D eigenvalue weighted by atomic mass is 10.3. The van der Waals surface area contributed by atoms with Gasteiger partial charge in [0.2, 0.25) is 11.1 Å². The molecule has 16 heavy (non-hydrogen) atoms. The number of nitrogens with one attached hydrogen (secondary N) is 1. The van der Waals surface area contributed by atoms with Gasteiger partial charge < -0.3 is 5.32 Å². The van der Waals surface area contributed by atoms with Crippen molar-refractivity contribution in [2.24, 2.45) is 0 Å². The fourth-order valence-electron chi connectivity index (χ4n) is 1.05. The van der Waals surface area contributed by atoms with Crippen LogP contribution in [0.3, 0.4) is 0 Å². The van der Waals surface area contributed by atoms with Gasteiger partial charge in [0.15, 0.2) is 0 Å². The van der Waals surface area contributed by atoms with Crippen molar-refractivity contribution in [3.05, 3.63) is 32.7 Å². The normalized spacial score (nSPS) is 9.94. The molecule has 8 heteroatoms. The van der Waals surface area contributed by atoms with Gasteiger partial charge in [0.25, 0.3) is 0 Å². The van der Waals surface area contributed by atoms with Gasteiger partial charge in [0, 0.05) is 5.03 Å². The number of rotatable bonds is 4. The molecule has 0 aliphatic carbocycles. The summed E-state index contributed by atoms with van der Waals surface area (Å²) in [5, 5.41) is 13.7. The summed E-state index contributed by atoms with van der Waals surface area (Å²) in [7, 11) is 0. The maximum Gasteiger partial charge on any atom is 0.332 e. The Labute approximate surface area is 101 Å². The van der Waals surface area contributed by atoms with Crippen LogP contribution < -0.4 is 5.32 Å². The van der Waals surface area contributed by atoms with Crippen molar-refractivity contribution in [1.29, 1.82) is 0 Å². The summed E-state index contributed by atoms with van der Waals surface area (Å²) in [5.74, 6) is 0.0318. The first-order valence-corrected chi connectivity index (χ1v) is 4.93. The van der Waals surface area contributed by atoms with Crippen LogP contribution in [0.15, 0.2) is 11.6 Å². The van der Waals surface area contributed by atoms with E-state index in [1.165, 1.54) is 6.92 Å². The Morgan fingerprint density at radius 1 is 1.62 bits per heavy atom. The lowest BCUT2D eigenvalue weighted by Gasteiger charge is -2.06. The summed E-state index contributed by atoms with van der Waals surface area (Å²) in [6.45, 7) is 5.09. The molecule has 0 amide bonds. The second-order valence-electron chi connectivity index (χ2n) is 2.90. The smallest absolute Gasteiger partial charge is 0.332 e. The van der Waals surface area contributed by atoms with Crippen molar-refractivity contribution in [2.45, 2.75) is 6.92 Å². The van der Waals surface area contributed by atoms with Crippen LogP contribution in [-0.4, -0.2) is 21.4 Å². The summed E-state index contributed by atoms with van der Waals surface area (Å²) >= 11 is 11.1. The maximum atomic E-state index is 10.8. The van der Waals surface area contributed by atoms with E-state index in [-0.39, 0.29) is 29.0 Å². The quantitative estimate of drug-likeness (QED) is 0.512. The predicted octanol–water partition coefficient (Wildman–Crippen LogP) is 2.51. The molecule has 0 aliphatic rings. The van der Waals surface area contributed by atoms with E-state index in [4.69, 9.17) is 23.2 Å². The Kier molecular flexibility index (Phi) is 4.03. The van der Waals surface area contributed by atoms with Gasteiger partial charge in [0.05, 0.1) is 11.5 Å². The Hall–Kier alpha value is -1.40. The highest BCUT2D eigenvalue weighted by Crippen LogP contribution is 2.26. The minimum Gasteiger partial charge on any atom is -0.359 e. The minimum absolute atomic E-state index is 0.0318. The number of hydrogen-bond acceptors (Lipinski definition) is 5. The van der Waals surface area contributed by atoms with E-state index >= 15 is 0 Å². The Bertz CT molecular complexity index is 450. The van der Waals surface area contributed by atoms with Gasteiger partial charge in [-0.25, -0.2) is 4.98 Å². The van der Waals surface area contributed by atoms with E-state index in [1.807, 2.05) is 0 Å². The van der Waals surface area contributed by atoms with Gasteiger partial charge in [-0.1, -0.05) is 18.2 Å². The van der Waals surface area contributed by atoms with Gasteiger partial charge in [0.1, 0.15) is 5.69 Å². The Morgan fingerprint density at radius 2 is 2.25 bits per heavy atom. The third-order valence-electron chi connectivity index (χ3n) is 1.66. The number of aromatic nitrogens is 2. The monoisotopic (exact) mass is 262 g/mol. The van der Waals surface area contributed by atoms with Gasteiger partial charge in [-0.05, 0) is 18.5 Å². The van der Waals surface area contributed by atoms with Crippen LogP contribution in [0.4, 0.5) is 11.5 Å². The zero-order chi connectivity index (χ0) is 12.3. The van der Waals surface area contributed by atoms with Crippen molar-refractivity contribution >= 4 is 34.7 Å². The molecule has 1 aromatic rings. The fraction of sp³-hybridized carbons (Fsp3) is 0.250. The first kappa shape index (κ1) is 12.7. The van der Waals surface area contributed by atoms with E-state index < -0.39 is 4.92 Å². The molecule has 6 nitrogen and oxygen atoms in total. The molecule has 1 N–H and O–H groups in total. The van der Waals surface area contributed by atoms with Crippen LogP contribution in [0.2, 0.25) is 5.28 Å². The lowest BCUT2D eigenvalue weighted by Crippen LogP contribution is -2.08. The molecule has 0 saturated carbocycles. The standard InChI is InChI=1S/C8H8Cl2N4O2/c1-4(9)3-11-7-6(14(15)16)5(2)12-8(10)13-7/h1,3H2,2H3,(H,11,12,13). The molecule has 0 unspecified atom stereocenters. The molecule has 0 atom stereocenters. The molecule has 0 aromatic carbocycles. The topological polar surface area (TPSA) is 81.0 Å². The Balaban J connectivity index is 3.13. The van der Waals surface area contributed by atoms with Gasteiger partial charge >= 0.3 is 5.69 Å². The van der Waals surface area contributed by atoms with E-state index in [0.717, 1.165) is 0 Å². The average Bonchev–Trinajstić information content (AvgIpc) is 2.12. The summed E-state index contributed by atoms with van der Waals surface area (Å²) in [6.07, 6.45) is 0. The summed E-state index contributed by atoms with van der Waals surface area (Å²) < 4.78 is 0. The lowest BCUT2D eigenvalue weighted by molar-refractivity contribution is -0.385. The highest BCUT2D eigenvalue weighted by atomic mass is 35.5. The molecular weight excluding hydrogens is 255 g/mol. The first-order chi connectivity index (χ1) is 7.41. The van der Waals surface area contributed by atoms with Crippen LogP contribution in [0.25, 0.3) is 0 Å².